The Morgan fingerprint density at radius 2 is 2.12 bits per heavy atom. The van der Waals surface area contributed by atoms with Crippen LogP contribution in [0.1, 0.15) is 19.8 Å². The molecule has 3 N–H and O–H groups in total. The molecule has 0 bridgehead atoms. The number of nitrogens with one attached hydrogen (secondary N) is 1. The zero-order valence-electron chi connectivity index (χ0n) is 13.0. The van der Waals surface area contributed by atoms with Gasteiger partial charge in [-0.05, 0) is 25.5 Å². The first-order valence-corrected chi connectivity index (χ1v) is 9.04. The van der Waals surface area contributed by atoms with Crippen molar-refractivity contribution in [1.82, 2.24) is 10.3 Å². The summed E-state index contributed by atoms with van der Waals surface area (Å²) in [6.45, 7) is 1.38. The summed E-state index contributed by atoms with van der Waals surface area (Å²) < 4.78 is 7.02. The number of primary amides is 1. The molecule has 2 aromatic rings. The van der Waals surface area contributed by atoms with E-state index in [0.29, 0.717) is 6.42 Å². The average molecular weight is 367 g/mol. The minimum atomic E-state index is -1.05. The highest BCUT2D eigenvalue weighted by atomic mass is 32.2. The predicted octanol–water partition coefficient (Wildman–Crippen LogP) is 2.30. The van der Waals surface area contributed by atoms with E-state index in [0.717, 1.165) is 20.3 Å². The summed E-state index contributed by atoms with van der Waals surface area (Å²) in [6, 6.07) is 6.93. The molecule has 0 radical (unpaired) electrons. The molecule has 1 aromatic heterocycles. The number of imide groups is 1. The number of carbonyl (C=O) groups excluding carboxylic acids is 3. The number of fused-ring (bicyclic) bond motifs is 1. The van der Waals surface area contributed by atoms with E-state index >= 15 is 0 Å². The predicted molar refractivity (Wildman–Crippen MR) is 92.9 cm³/mol. The van der Waals surface area contributed by atoms with Crippen LogP contribution in [-0.2, 0) is 14.3 Å². The van der Waals surface area contributed by atoms with Gasteiger partial charge < -0.3 is 10.5 Å². The van der Waals surface area contributed by atoms with E-state index in [1.54, 1.807) is 23.1 Å². The zero-order chi connectivity index (χ0) is 17.5. The summed E-state index contributed by atoms with van der Waals surface area (Å²) in [6.07, 6.45) is -0.266. The summed E-state index contributed by atoms with van der Waals surface area (Å²) >= 11 is 3.20. The summed E-state index contributed by atoms with van der Waals surface area (Å²) in [5.41, 5.74) is 5.80. The number of amides is 3. The summed E-state index contributed by atoms with van der Waals surface area (Å²) in [7, 11) is 0. The molecule has 128 valence electrons. The zero-order valence-corrected chi connectivity index (χ0v) is 14.6. The van der Waals surface area contributed by atoms with Gasteiger partial charge in [-0.15, -0.1) is 11.3 Å². The number of aromatic nitrogens is 1. The Morgan fingerprint density at radius 3 is 2.83 bits per heavy atom. The number of rotatable bonds is 7. The largest absolute Gasteiger partial charge is 0.453 e. The first-order chi connectivity index (χ1) is 11.5. The van der Waals surface area contributed by atoms with Gasteiger partial charge in [0.05, 0.1) is 10.2 Å². The highest BCUT2D eigenvalue weighted by Crippen LogP contribution is 2.29. The number of benzene rings is 1. The molecule has 0 aliphatic carbocycles. The summed E-state index contributed by atoms with van der Waals surface area (Å²) in [5.74, 6) is -0.511. The SMILES string of the molecule is C[C@H](OC(=O)CCCSc1nc2ccccc2s1)C(=O)NC(N)=O. The van der Waals surface area contributed by atoms with Gasteiger partial charge in [0.2, 0.25) is 0 Å². The van der Waals surface area contributed by atoms with E-state index in [2.05, 4.69) is 4.98 Å². The van der Waals surface area contributed by atoms with E-state index in [1.165, 1.54) is 6.92 Å². The van der Waals surface area contributed by atoms with E-state index in [9.17, 15) is 14.4 Å². The second-order valence-corrected chi connectivity index (χ2v) is 7.26. The average Bonchev–Trinajstić information content (AvgIpc) is 2.93. The number of esters is 1. The van der Waals surface area contributed by atoms with Crippen LogP contribution in [-0.4, -0.2) is 34.7 Å². The van der Waals surface area contributed by atoms with Crippen molar-refractivity contribution in [3.8, 4) is 0 Å². The van der Waals surface area contributed by atoms with Crippen molar-refractivity contribution >= 4 is 51.2 Å². The van der Waals surface area contributed by atoms with Crippen LogP contribution < -0.4 is 11.1 Å². The smallest absolute Gasteiger partial charge is 0.318 e. The van der Waals surface area contributed by atoms with Crippen LogP contribution in [0.25, 0.3) is 10.2 Å². The van der Waals surface area contributed by atoms with Gasteiger partial charge >= 0.3 is 12.0 Å². The molecule has 9 heteroatoms. The molecule has 0 saturated carbocycles. The lowest BCUT2D eigenvalue weighted by Crippen LogP contribution is -2.42. The molecular formula is C15H17N3O4S2. The van der Waals surface area contributed by atoms with Crippen LogP contribution in [0.15, 0.2) is 28.6 Å². The molecule has 0 aliphatic rings. The van der Waals surface area contributed by atoms with Crippen molar-refractivity contribution in [2.24, 2.45) is 5.73 Å². The number of nitrogens with zero attached hydrogens (tertiary/aromatic N) is 1. The molecule has 7 nitrogen and oxygen atoms in total. The number of carbonyl (C=O) groups is 3. The number of hydrogen-bond donors (Lipinski definition) is 2. The molecule has 0 fully saturated rings. The molecule has 3 amide bonds. The van der Waals surface area contributed by atoms with Crippen molar-refractivity contribution in [3.05, 3.63) is 24.3 Å². The fourth-order valence-electron chi connectivity index (χ4n) is 1.82. The maximum atomic E-state index is 11.7. The van der Waals surface area contributed by atoms with Gasteiger partial charge in [0.1, 0.15) is 0 Å². The second kappa shape index (κ2) is 8.65. The Kier molecular flexibility index (Phi) is 6.56. The Labute approximate surface area is 147 Å². The van der Waals surface area contributed by atoms with Crippen LogP contribution in [0.4, 0.5) is 4.79 Å². The molecule has 1 atom stereocenters. The minimum absolute atomic E-state index is 0.187. The maximum absolute atomic E-state index is 11.7. The van der Waals surface area contributed by atoms with Crippen LogP contribution in [0.3, 0.4) is 0 Å². The molecule has 0 saturated heterocycles. The van der Waals surface area contributed by atoms with Crippen molar-refractivity contribution in [2.45, 2.75) is 30.2 Å². The fourth-order valence-corrected chi connectivity index (χ4v) is 3.90. The third-order valence-electron chi connectivity index (χ3n) is 2.95. The van der Waals surface area contributed by atoms with Crippen molar-refractivity contribution < 1.29 is 19.1 Å². The monoisotopic (exact) mass is 367 g/mol. The molecule has 0 aliphatic heterocycles. The van der Waals surface area contributed by atoms with Crippen LogP contribution in [0, 0.1) is 0 Å². The topological polar surface area (TPSA) is 111 Å². The normalized spacial score (nSPS) is 11.9. The lowest BCUT2D eigenvalue weighted by molar-refractivity contribution is -0.154. The van der Waals surface area contributed by atoms with E-state index in [-0.39, 0.29) is 6.42 Å². The maximum Gasteiger partial charge on any atom is 0.318 e. The molecule has 24 heavy (non-hydrogen) atoms. The lowest BCUT2D eigenvalue weighted by Gasteiger charge is -2.11. The van der Waals surface area contributed by atoms with Gasteiger partial charge in [-0.2, -0.15) is 0 Å². The molecule has 0 spiro atoms. The minimum Gasteiger partial charge on any atom is -0.453 e. The van der Waals surface area contributed by atoms with Crippen LogP contribution >= 0.6 is 23.1 Å². The molecule has 0 unspecified atom stereocenters. The Balaban J connectivity index is 1.69. The third kappa shape index (κ3) is 5.50. The Hall–Kier alpha value is -2.13. The molecule has 2 rings (SSSR count). The van der Waals surface area contributed by atoms with E-state index in [4.69, 9.17) is 10.5 Å². The van der Waals surface area contributed by atoms with Gasteiger partial charge in [0.25, 0.3) is 5.91 Å². The van der Waals surface area contributed by atoms with Gasteiger partial charge in [-0.1, -0.05) is 23.9 Å². The van der Waals surface area contributed by atoms with Gasteiger partial charge in [-0.25, -0.2) is 9.78 Å². The van der Waals surface area contributed by atoms with Gasteiger partial charge in [0, 0.05) is 12.2 Å². The first-order valence-electron chi connectivity index (χ1n) is 7.24. The first kappa shape index (κ1) is 18.2. The number of thioether (sulfide) groups is 1. The number of para-hydroxylation sites is 1. The Bertz CT molecular complexity index is 714. The number of thiazole rings is 1. The van der Waals surface area contributed by atoms with Crippen LogP contribution in [0.5, 0.6) is 0 Å². The fraction of sp³-hybridized carbons (Fsp3) is 0.333. The van der Waals surface area contributed by atoms with E-state index < -0.39 is 24.0 Å². The summed E-state index contributed by atoms with van der Waals surface area (Å²) in [5, 5.41) is 1.86. The highest BCUT2D eigenvalue weighted by Gasteiger charge is 2.18. The molecule has 1 aromatic carbocycles. The summed E-state index contributed by atoms with van der Waals surface area (Å²) in [4.78, 5) is 38.1. The van der Waals surface area contributed by atoms with Gasteiger partial charge in [0.15, 0.2) is 10.4 Å². The standard InChI is InChI=1S/C15H17N3O4S2/c1-9(13(20)18-14(16)21)22-12(19)7-4-8-23-15-17-10-5-2-3-6-11(10)24-15/h2-3,5-6,9H,4,7-8H2,1H3,(H3,16,18,20,21)/t9-/m0/s1. The van der Waals surface area contributed by atoms with E-state index in [1.807, 2.05) is 29.6 Å². The lowest BCUT2D eigenvalue weighted by atomic mass is 10.3. The number of urea groups is 1. The number of ether oxygens (including phenoxy) is 1. The highest BCUT2D eigenvalue weighted by molar-refractivity contribution is 8.01. The number of nitrogens with two attached hydrogens (primary N) is 1. The third-order valence-corrected chi connectivity index (χ3v) is 5.21. The quantitative estimate of drug-likeness (QED) is 0.441. The molecular weight excluding hydrogens is 350 g/mol. The second-order valence-electron chi connectivity index (χ2n) is 4.89. The van der Waals surface area contributed by atoms with Gasteiger partial charge in [-0.3, -0.25) is 14.9 Å². The van der Waals surface area contributed by atoms with Crippen LogP contribution in [0.2, 0.25) is 0 Å². The van der Waals surface area contributed by atoms with Crippen molar-refractivity contribution in [3.63, 3.8) is 0 Å². The molecule has 1 heterocycles. The van der Waals surface area contributed by atoms with Crippen molar-refractivity contribution in [2.75, 3.05) is 5.75 Å². The number of hydrogen-bond acceptors (Lipinski definition) is 7. The van der Waals surface area contributed by atoms with Crippen molar-refractivity contribution in [1.29, 1.82) is 0 Å². The Morgan fingerprint density at radius 1 is 1.38 bits per heavy atom.